The summed E-state index contributed by atoms with van der Waals surface area (Å²) < 4.78 is 1.08. The van der Waals surface area contributed by atoms with Crippen LogP contribution in [0.5, 0.6) is 0 Å². The van der Waals surface area contributed by atoms with Crippen molar-refractivity contribution in [2.45, 2.75) is 6.42 Å². The molecule has 0 aliphatic heterocycles. The minimum absolute atomic E-state index is 0.0534. The number of carboxylic acids is 1. The molecule has 6 nitrogen and oxygen atoms in total. The third kappa shape index (κ3) is 1.62. The molecule has 13 heavy (non-hydrogen) atoms. The van der Waals surface area contributed by atoms with E-state index in [9.17, 15) is 9.59 Å². The lowest BCUT2D eigenvalue weighted by Gasteiger charge is -1.92. The predicted molar refractivity (Wildman–Crippen MR) is 43.8 cm³/mol. The van der Waals surface area contributed by atoms with Crippen molar-refractivity contribution in [1.82, 2.24) is 9.78 Å². The summed E-state index contributed by atoms with van der Waals surface area (Å²) in [5, 5.41) is 19.7. The Balaban J connectivity index is 3.27. The Morgan fingerprint density at radius 2 is 2.23 bits per heavy atom. The molecule has 1 aromatic heterocycles. The summed E-state index contributed by atoms with van der Waals surface area (Å²) in [6, 6.07) is 0. The van der Waals surface area contributed by atoms with Gasteiger partial charge in [-0.1, -0.05) is 0 Å². The summed E-state index contributed by atoms with van der Waals surface area (Å²) in [5.74, 6) is -1.19. The number of nitrogens with one attached hydrogen (secondary N) is 1. The molecule has 0 unspecified atom stereocenters. The number of carbonyl (C=O) groups is 1. The normalized spacial score (nSPS) is 10.3. The monoisotopic (exact) mass is 186 g/mol. The van der Waals surface area contributed by atoms with E-state index in [1.54, 1.807) is 0 Å². The fourth-order valence-electron chi connectivity index (χ4n) is 1.12. The molecule has 0 aliphatic carbocycles. The van der Waals surface area contributed by atoms with Crippen LogP contribution in [0.3, 0.4) is 0 Å². The summed E-state index contributed by atoms with van der Waals surface area (Å²) in [7, 11) is 1.43. The highest BCUT2D eigenvalue weighted by Crippen LogP contribution is 2.00. The maximum atomic E-state index is 11.2. The van der Waals surface area contributed by atoms with E-state index in [2.05, 4.69) is 5.10 Å². The van der Waals surface area contributed by atoms with Crippen LogP contribution in [0.1, 0.15) is 16.1 Å². The molecule has 0 fully saturated rings. The van der Waals surface area contributed by atoms with Crippen LogP contribution in [0.15, 0.2) is 4.79 Å². The lowest BCUT2D eigenvalue weighted by Crippen LogP contribution is -2.16. The Hall–Kier alpha value is -1.56. The molecule has 0 spiro atoms. The molecule has 0 radical (unpaired) electrons. The number of aliphatic hydroxyl groups is 1. The Morgan fingerprint density at radius 3 is 2.69 bits per heavy atom. The largest absolute Gasteiger partial charge is 0.477 e. The number of aromatic carboxylic acids is 1. The highest BCUT2D eigenvalue weighted by molar-refractivity contribution is 5.86. The first kappa shape index (κ1) is 9.53. The van der Waals surface area contributed by atoms with E-state index >= 15 is 0 Å². The van der Waals surface area contributed by atoms with E-state index in [1.165, 1.54) is 7.05 Å². The van der Waals surface area contributed by atoms with Crippen LogP contribution in [0.2, 0.25) is 0 Å². The minimum Gasteiger partial charge on any atom is -0.477 e. The van der Waals surface area contributed by atoms with Crippen LogP contribution in [-0.2, 0) is 13.5 Å². The smallest absolute Gasteiger partial charge is 0.354 e. The van der Waals surface area contributed by atoms with Gasteiger partial charge in [-0.25, -0.2) is 4.79 Å². The molecule has 0 aliphatic rings. The van der Waals surface area contributed by atoms with Gasteiger partial charge in [0.1, 0.15) is 5.69 Å². The molecular weight excluding hydrogens is 176 g/mol. The molecule has 0 saturated heterocycles. The second kappa shape index (κ2) is 3.44. The van der Waals surface area contributed by atoms with Gasteiger partial charge >= 0.3 is 5.97 Å². The van der Waals surface area contributed by atoms with Crippen LogP contribution in [0.25, 0.3) is 0 Å². The Bertz CT molecular complexity index is 376. The van der Waals surface area contributed by atoms with Crippen molar-refractivity contribution in [3.63, 3.8) is 0 Å². The predicted octanol–water partition coefficient (Wildman–Crippen LogP) is -1.05. The first-order valence-corrected chi connectivity index (χ1v) is 3.70. The number of H-pyrrole nitrogens is 1. The lowest BCUT2D eigenvalue weighted by molar-refractivity contribution is 0.0688. The van der Waals surface area contributed by atoms with Crippen molar-refractivity contribution in [3.05, 3.63) is 21.6 Å². The van der Waals surface area contributed by atoms with Crippen molar-refractivity contribution in [2.75, 3.05) is 6.61 Å². The van der Waals surface area contributed by atoms with Crippen molar-refractivity contribution < 1.29 is 15.0 Å². The molecule has 0 saturated carbocycles. The van der Waals surface area contributed by atoms with Crippen molar-refractivity contribution in [3.8, 4) is 0 Å². The van der Waals surface area contributed by atoms with Gasteiger partial charge in [0.25, 0.3) is 5.56 Å². The van der Waals surface area contributed by atoms with Gasteiger partial charge in [-0.2, -0.15) is 0 Å². The van der Waals surface area contributed by atoms with E-state index in [0.29, 0.717) is 0 Å². The summed E-state index contributed by atoms with van der Waals surface area (Å²) >= 11 is 0. The zero-order valence-corrected chi connectivity index (χ0v) is 7.07. The Morgan fingerprint density at radius 1 is 1.62 bits per heavy atom. The average Bonchev–Trinajstić information content (AvgIpc) is 2.33. The summed E-state index contributed by atoms with van der Waals surface area (Å²) in [6.45, 7) is -0.243. The number of hydrogen-bond donors (Lipinski definition) is 3. The molecule has 6 heteroatoms. The number of aryl methyl sites for hydroxylation is 1. The SMILES string of the molecule is Cn1[nH]c(C(=O)O)c(CCO)c1=O. The van der Waals surface area contributed by atoms with Crippen LogP contribution in [-0.4, -0.2) is 32.6 Å². The molecule has 0 atom stereocenters. The fourth-order valence-corrected chi connectivity index (χ4v) is 1.12. The molecule has 3 N–H and O–H groups in total. The van der Waals surface area contributed by atoms with Crippen LogP contribution < -0.4 is 5.56 Å². The zero-order valence-electron chi connectivity index (χ0n) is 7.07. The Kier molecular flexibility index (Phi) is 2.52. The highest BCUT2D eigenvalue weighted by Gasteiger charge is 2.16. The second-order valence-electron chi connectivity index (χ2n) is 2.61. The zero-order chi connectivity index (χ0) is 10.0. The van der Waals surface area contributed by atoms with Gasteiger partial charge in [0.2, 0.25) is 0 Å². The van der Waals surface area contributed by atoms with E-state index in [1.807, 2.05) is 0 Å². The van der Waals surface area contributed by atoms with Gasteiger partial charge in [-0.15, -0.1) is 0 Å². The van der Waals surface area contributed by atoms with Crippen molar-refractivity contribution >= 4 is 5.97 Å². The van der Waals surface area contributed by atoms with Crippen molar-refractivity contribution in [2.24, 2.45) is 7.05 Å². The quantitative estimate of drug-likeness (QED) is 0.561. The summed E-state index contributed by atoms with van der Waals surface area (Å²) in [4.78, 5) is 21.8. The molecule has 1 aromatic rings. The maximum absolute atomic E-state index is 11.2. The third-order valence-corrected chi connectivity index (χ3v) is 1.72. The van der Waals surface area contributed by atoms with Gasteiger partial charge in [-0.3, -0.25) is 14.6 Å². The first-order valence-electron chi connectivity index (χ1n) is 3.70. The summed E-state index contributed by atoms with van der Waals surface area (Å²) in [5.41, 5.74) is -0.453. The van der Waals surface area contributed by atoms with Crippen LogP contribution in [0, 0.1) is 0 Å². The molecule has 72 valence electrons. The fraction of sp³-hybridized carbons (Fsp3) is 0.429. The van der Waals surface area contributed by atoms with Crippen LogP contribution in [0.4, 0.5) is 0 Å². The Labute approximate surface area is 73.4 Å². The van der Waals surface area contributed by atoms with Gasteiger partial charge < -0.3 is 10.2 Å². The van der Waals surface area contributed by atoms with E-state index in [4.69, 9.17) is 10.2 Å². The van der Waals surface area contributed by atoms with Gasteiger partial charge in [0.05, 0.1) is 5.56 Å². The number of rotatable bonds is 3. The van der Waals surface area contributed by atoms with Gasteiger partial charge in [0, 0.05) is 20.1 Å². The molecule has 1 heterocycles. The van der Waals surface area contributed by atoms with Crippen molar-refractivity contribution in [1.29, 1.82) is 0 Å². The van der Waals surface area contributed by atoms with E-state index in [-0.39, 0.29) is 24.3 Å². The topological polar surface area (TPSA) is 95.3 Å². The number of carboxylic acid groups (broad SMARTS) is 1. The third-order valence-electron chi connectivity index (χ3n) is 1.72. The van der Waals surface area contributed by atoms with E-state index in [0.717, 1.165) is 4.68 Å². The number of nitrogens with zero attached hydrogens (tertiary/aromatic N) is 1. The first-order chi connectivity index (χ1) is 6.07. The standard InChI is InChI=1S/C7H10N2O4/c1-9-6(11)4(2-3-10)5(8-9)7(12)13/h8,10H,2-3H2,1H3,(H,12,13). The number of hydrogen-bond acceptors (Lipinski definition) is 3. The van der Waals surface area contributed by atoms with E-state index < -0.39 is 11.5 Å². The number of aliphatic hydroxyl groups excluding tert-OH is 1. The lowest BCUT2D eigenvalue weighted by atomic mass is 10.2. The molecule has 0 amide bonds. The average molecular weight is 186 g/mol. The maximum Gasteiger partial charge on any atom is 0.354 e. The summed E-state index contributed by atoms with van der Waals surface area (Å²) in [6.07, 6.45) is 0.0534. The molecule has 0 aromatic carbocycles. The molecular formula is C7H10N2O4. The molecule has 0 bridgehead atoms. The van der Waals surface area contributed by atoms with Crippen LogP contribution >= 0.6 is 0 Å². The van der Waals surface area contributed by atoms with Gasteiger partial charge in [0.15, 0.2) is 0 Å². The van der Waals surface area contributed by atoms with Gasteiger partial charge in [-0.05, 0) is 0 Å². The number of aromatic nitrogens is 2. The second-order valence-corrected chi connectivity index (χ2v) is 2.61. The minimum atomic E-state index is -1.19. The number of aromatic amines is 1. The highest BCUT2D eigenvalue weighted by atomic mass is 16.4. The molecule has 1 rings (SSSR count).